The van der Waals surface area contributed by atoms with E-state index in [1.807, 2.05) is 17.0 Å². The molecule has 0 bridgehead atoms. The van der Waals surface area contributed by atoms with Gasteiger partial charge < -0.3 is 9.64 Å². The van der Waals surface area contributed by atoms with E-state index in [1.165, 1.54) is 5.56 Å². The Kier molecular flexibility index (Phi) is 4.02. The SMILES string of the molecule is COCc1ccc2c(c1)CCN2C(=O)CCCl. The van der Waals surface area contributed by atoms with Gasteiger partial charge in [-0.3, -0.25) is 4.79 Å². The van der Waals surface area contributed by atoms with Gasteiger partial charge in [-0.15, -0.1) is 11.6 Å². The van der Waals surface area contributed by atoms with Crippen molar-refractivity contribution in [1.82, 2.24) is 0 Å². The van der Waals surface area contributed by atoms with Crippen molar-refractivity contribution in [3.63, 3.8) is 0 Å². The minimum absolute atomic E-state index is 0.109. The fourth-order valence-corrected chi connectivity index (χ4v) is 2.35. The van der Waals surface area contributed by atoms with Crippen LogP contribution in [0.15, 0.2) is 18.2 Å². The summed E-state index contributed by atoms with van der Waals surface area (Å²) in [6, 6.07) is 6.13. The van der Waals surface area contributed by atoms with E-state index in [0.29, 0.717) is 18.9 Å². The van der Waals surface area contributed by atoms with Crippen molar-refractivity contribution in [2.75, 3.05) is 24.4 Å². The molecule has 17 heavy (non-hydrogen) atoms. The Labute approximate surface area is 106 Å². The van der Waals surface area contributed by atoms with Crippen molar-refractivity contribution in [2.24, 2.45) is 0 Å². The lowest BCUT2D eigenvalue weighted by molar-refractivity contribution is -0.118. The zero-order valence-electron chi connectivity index (χ0n) is 9.91. The lowest BCUT2D eigenvalue weighted by atomic mass is 10.1. The van der Waals surface area contributed by atoms with Crippen molar-refractivity contribution >= 4 is 23.2 Å². The highest BCUT2D eigenvalue weighted by Gasteiger charge is 2.23. The minimum atomic E-state index is 0.109. The first-order valence-electron chi connectivity index (χ1n) is 5.73. The largest absolute Gasteiger partial charge is 0.380 e. The molecule has 0 unspecified atom stereocenters. The van der Waals surface area contributed by atoms with Gasteiger partial charge in [-0.1, -0.05) is 12.1 Å². The van der Waals surface area contributed by atoms with Gasteiger partial charge in [0.15, 0.2) is 0 Å². The number of rotatable bonds is 4. The van der Waals surface area contributed by atoms with Crippen LogP contribution in [-0.2, 0) is 22.6 Å². The molecule has 0 atom stereocenters. The topological polar surface area (TPSA) is 29.5 Å². The Hall–Kier alpha value is -1.06. The van der Waals surface area contributed by atoms with Gasteiger partial charge in [-0.25, -0.2) is 0 Å². The van der Waals surface area contributed by atoms with E-state index in [9.17, 15) is 4.79 Å². The molecule has 0 radical (unpaired) electrons. The van der Waals surface area contributed by atoms with Gasteiger partial charge in [0.2, 0.25) is 5.91 Å². The summed E-state index contributed by atoms with van der Waals surface area (Å²) in [5.74, 6) is 0.491. The molecule has 4 heteroatoms. The molecule has 1 aromatic rings. The normalized spacial score (nSPS) is 13.9. The Morgan fingerprint density at radius 2 is 2.35 bits per heavy atom. The number of amides is 1. The number of fused-ring (bicyclic) bond motifs is 1. The van der Waals surface area contributed by atoms with E-state index in [4.69, 9.17) is 16.3 Å². The number of carbonyl (C=O) groups is 1. The molecule has 0 saturated carbocycles. The smallest absolute Gasteiger partial charge is 0.228 e. The standard InChI is InChI=1S/C13H16ClNO2/c1-17-9-10-2-3-12-11(8-10)5-7-15(12)13(16)4-6-14/h2-3,8H,4-7,9H2,1H3. The summed E-state index contributed by atoms with van der Waals surface area (Å²) in [6.45, 7) is 1.38. The molecule has 0 spiro atoms. The first-order valence-corrected chi connectivity index (χ1v) is 6.26. The zero-order valence-corrected chi connectivity index (χ0v) is 10.7. The summed E-state index contributed by atoms with van der Waals surface area (Å²) in [5, 5.41) is 0. The third-order valence-electron chi connectivity index (χ3n) is 2.96. The van der Waals surface area contributed by atoms with Gasteiger partial charge in [0.1, 0.15) is 0 Å². The summed E-state index contributed by atoms with van der Waals surface area (Å²) in [6.07, 6.45) is 1.32. The van der Waals surface area contributed by atoms with Gasteiger partial charge >= 0.3 is 0 Å². The average Bonchev–Trinajstić information content (AvgIpc) is 2.73. The molecule has 0 N–H and O–H groups in total. The Bertz CT molecular complexity index is 420. The lowest BCUT2D eigenvalue weighted by Gasteiger charge is -2.16. The highest BCUT2D eigenvalue weighted by molar-refractivity contribution is 6.19. The molecular formula is C13H16ClNO2. The number of ether oxygens (including phenoxy) is 1. The van der Waals surface area contributed by atoms with E-state index in [0.717, 1.165) is 24.2 Å². The molecule has 1 aromatic carbocycles. The van der Waals surface area contributed by atoms with Crippen LogP contribution in [0.25, 0.3) is 0 Å². The van der Waals surface area contributed by atoms with E-state index in [2.05, 4.69) is 6.07 Å². The van der Waals surface area contributed by atoms with Crippen molar-refractivity contribution in [3.05, 3.63) is 29.3 Å². The van der Waals surface area contributed by atoms with Crippen LogP contribution >= 0.6 is 11.6 Å². The number of halogens is 1. The third kappa shape index (κ3) is 2.61. The van der Waals surface area contributed by atoms with Crippen LogP contribution in [0.4, 0.5) is 5.69 Å². The summed E-state index contributed by atoms with van der Waals surface area (Å²) < 4.78 is 5.10. The van der Waals surface area contributed by atoms with Gasteiger partial charge in [-0.2, -0.15) is 0 Å². The third-order valence-corrected chi connectivity index (χ3v) is 3.15. The summed E-state index contributed by atoms with van der Waals surface area (Å²) >= 11 is 5.60. The summed E-state index contributed by atoms with van der Waals surface area (Å²) in [5.41, 5.74) is 3.40. The number of alkyl halides is 1. The molecular weight excluding hydrogens is 238 g/mol. The number of hydrogen-bond acceptors (Lipinski definition) is 2. The maximum atomic E-state index is 11.8. The first-order chi connectivity index (χ1) is 8.26. The molecule has 1 aliphatic rings. The number of benzene rings is 1. The van der Waals surface area contributed by atoms with Gasteiger partial charge in [-0.05, 0) is 23.6 Å². The second-order valence-electron chi connectivity index (χ2n) is 4.13. The Balaban J connectivity index is 2.18. The highest BCUT2D eigenvalue weighted by atomic mass is 35.5. The molecule has 3 nitrogen and oxygen atoms in total. The molecule has 1 amide bonds. The van der Waals surface area contributed by atoms with Crippen LogP contribution < -0.4 is 4.90 Å². The van der Waals surface area contributed by atoms with Crippen molar-refractivity contribution in [1.29, 1.82) is 0 Å². The molecule has 1 aliphatic heterocycles. The van der Waals surface area contributed by atoms with Crippen LogP contribution in [0.2, 0.25) is 0 Å². The van der Waals surface area contributed by atoms with E-state index < -0.39 is 0 Å². The van der Waals surface area contributed by atoms with Crippen LogP contribution in [-0.4, -0.2) is 25.4 Å². The van der Waals surface area contributed by atoms with Crippen LogP contribution in [0, 0.1) is 0 Å². The lowest BCUT2D eigenvalue weighted by Crippen LogP contribution is -2.28. The second-order valence-corrected chi connectivity index (χ2v) is 4.51. The number of nitrogens with zero attached hydrogens (tertiary/aromatic N) is 1. The van der Waals surface area contributed by atoms with E-state index in [1.54, 1.807) is 7.11 Å². The van der Waals surface area contributed by atoms with Gasteiger partial charge in [0.05, 0.1) is 6.61 Å². The summed E-state index contributed by atoms with van der Waals surface area (Å²) in [7, 11) is 1.68. The van der Waals surface area contributed by atoms with Crippen molar-refractivity contribution in [2.45, 2.75) is 19.4 Å². The molecule has 1 heterocycles. The molecule has 0 aliphatic carbocycles. The highest BCUT2D eigenvalue weighted by Crippen LogP contribution is 2.29. The predicted octanol–water partition coefficient (Wildman–Crippen LogP) is 2.35. The fourth-order valence-electron chi connectivity index (χ4n) is 2.19. The first kappa shape index (κ1) is 12.4. The predicted molar refractivity (Wildman–Crippen MR) is 68.5 cm³/mol. The van der Waals surface area contributed by atoms with Crippen molar-refractivity contribution in [3.8, 4) is 0 Å². The van der Waals surface area contributed by atoms with Crippen molar-refractivity contribution < 1.29 is 9.53 Å². The number of carbonyl (C=O) groups excluding carboxylic acids is 1. The average molecular weight is 254 g/mol. The second kappa shape index (κ2) is 5.52. The molecule has 0 saturated heterocycles. The Morgan fingerprint density at radius 3 is 3.06 bits per heavy atom. The maximum Gasteiger partial charge on any atom is 0.228 e. The van der Waals surface area contributed by atoms with Crippen LogP contribution in [0.5, 0.6) is 0 Å². The fraction of sp³-hybridized carbons (Fsp3) is 0.462. The monoisotopic (exact) mass is 253 g/mol. The summed E-state index contributed by atoms with van der Waals surface area (Å²) in [4.78, 5) is 13.7. The number of anilines is 1. The number of hydrogen-bond donors (Lipinski definition) is 0. The van der Waals surface area contributed by atoms with Crippen LogP contribution in [0.1, 0.15) is 17.5 Å². The molecule has 0 aromatic heterocycles. The zero-order chi connectivity index (χ0) is 12.3. The van der Waals surface area contributed by atoms with E-state index >= 15 is 0 Å². The molecule has 92 valence electrons. The maximum absolute atomic E-state index is 11.8. The van der Waals surface area contributed by atoms with E-state index in [-0.39, 0.29) is 5.91 Å². The number of methoxy groups -OCH3 is 1. The van der Waals surface area contributed by atoms with Gasteiger partial charge in [0, 0.05) is 31.6 Å². The molecule has 0 fully saturated rings. The molecule has 2 rings (SSSR count). The minimum Gasteiger partial charge on any atom is -0.380 e. The van der Waals surface area contributed by atoms with Gasteiger partial charge in [0.25, 0.3) is 0 Å². The quantitative estimate of drug-likeness (QED) is 0.771. The van der Waals surface area contributed by atoms with Crippen LogP contribution in [0.3, 0.4) is 0 Å². The Morgan fingerprint density at radius 1 is 1.53 bits per heavy atom.